The first-order valence-electron chi connectivity index (χ1n) is 8.66. The van der Waals surface area contributed by atoms with E-state index in [0.717, 1.165) is 64.7 Å². The monoisotopic (exact) mass is 396 g/mol. The molecule has 1 aliphatic carbocycles. The Bertz CT molecular complexity index is 405. The smallest absolute Gasteiger partial charge is 0.225 e. The minimum Gasteiger partial charge on any atom is -0.358 e. The maximum Gasteiger partial charge on any atom is 0.225 e. The van der Waals surface area contributed by atoms with Crippen molar-refractivity contribution in [2.24, 2.45) is 17.3 Å². The number of ketones is 1. The van der Waals surface area contributed by atoms with Gasteiger partial charge in [-0.2, -0.15) is 0 Å². The van der Waals surface area contributed by atoms with Gasteiger partial charge in [-0.25, -0.2) is 0 Å². The summed E-state index contributed by atoms with van der Waals surface area (Å²) in [5.41, 5.74) is 0.502. The molecule has 0 bridgehead atoms. The minimum absolute atomic E-state index is 0. The second kappa shape index (κ2) is 9.05. The fourth-order valence-corrected chi connectivity index (χ4v) is 4.24. The summed E-state index contributed by atoms with van der Waals surface area (Å²) < 4.78 is 0. The molecule has 4 nitrogen and oxygen atoms in total. The SMILES string of the molecule is CCC(=O)C1CCC(C(=O)N2CCC3(CC2)CNC3)CC1.[CH3-].[Y]. The Balaban J connectivity index is 0.00000132. The summed E-state index contributed by atoms with van der Waals surface area (Å²) >= 11 is 0. The molecule has 0 atom stereocenters. The van der Waals surface area contributed by atoms with Crippen molar-refractivity contribution in [1.29, 1.82) is 0 Å². The van der Waals surface area contributed by atoms with E-state index in [-0.39, 0.29) is 52.0 Å². The average Bonchev–Trinajstić information content (AvgIpc) is 2.52. The number of carbonyl (C=O) groups is 2. The molecule has 1 N–H and O–H groups in total. The van der Waals surface area contributed by atoms with Crippen LogP contribution in [-0.4, -0.2) is 42.8 Å². The Hall–Kier alpha value is 0.204. The van der Waals surface area contributed by atoms with Gasteiger partial charge in [-0.05, 0) is 43.9 Å². The third-order valence-electron chi connectivity index (χ3n) is 6.02. The van der Waals surface area contributed by atoms with E-state index in [9.17, 15) is 9.59 Å². The van der Waals surface area contributed by atoms with Crippen molar-refractivity contribution in [2.75, 3.05) is 26.2 Å². The average molecular weight is 396 g/mol. The predicted octanol–water partition coefficient (Wildman–Crippen LogP) is 2.43. The van der Waals surface area contributed by atoms with Gasteiger partial charge in [0.1, 0.15) is 5.78 Å². The van der Waals surface area contributed by atoms with Gasteiger partial charge in [0.25, 0.3) is 0 Å². The first-order chi connectivity index (χ1) is 10.1. The number of rotatable bonds is 3. The molecule has 3 aliphatic rings. The third-order valence-corrected chi connectivity index (χ3v) is 6.02. The van der Waals surface area contributed by atoms with Crippen LogP contribution in [0.25, 0.3) is 0 Å². The molecule has 0 aromatic carbocycles. The van der Waals surface area contributed by atoms with Gasteiger partial charge < -0.3 is 17.6 Å². The van der Waals surface area contributed by atoms with Crippen molar-refractivity contribution < 1.29 is 42.3 Å². The molecule has 1 amide bonds. The molecule has 2 saturated heterocycles. The predicted molar refractivity (Wildman–Crippen MR) is 88.3 cm³/mol. The Kier molecular flexibility index (Phi) is 8.36. The molecular formula is C18H31N2O2Y-. The summed E-state index contributed by atoms with van der Waals surface area (Å²) in [6, 6.07) is 0. The van der Waals surface area contributed by atoms with Gasteiger partial charge >= 0.3 is 0 Å². The third kappa shape index (κ3) is 4.64. The zero-order valence-corrected chi connectivity index (χ0v) is 17.6. The molecule has 1 spiro atoms. The molecule has 2 heterocycles. The minimum atomic E-state index is 0. The van der Waals surface area contributed by atoms with Crippen molar-refractivity contribution >= 4 is 11.7 Å². The van der Waals surface area contributed by atoms with Crippen molar-refractivity contribution in [2.45, 2.75) is 51.9 Å². The maximum absolute atomic E-state index is 12.6. The van der Waals surface area contributed by atoms with Gasteiger partial charge in [-0.15, -0.1) is 0 Å². The standard InChI is InChI=1S/C17H28N2O2.CH3.Y/c1-2-15(20)13-3-5-14(6-4-13)16(21)19-9-7-17(8-10-19)11-18-12-17;;/h13-14,18H,2-12H2,1H3;1H3;/q;-1;. The van der Waals surface area contributed by atoms with Crippen LogP contribution in [0.5, 0.6) is 0 Å². The summed E-state index contributed by atoms with van der Waals surface area (Å²) in [6.07, 6.45) is 6.64. The molecule has 1 saturated carbocycles. The van der Waals surface area contributed by atoms with Gasteiger partial charge in [0.2, 0.25) is 5.91 Å². The number of Topliss-reactive ketones (excluding diaryl/α,β-unsaturated/α-hetero) is 1. The van der Waals surface area contributed by atoms with Crippen molar-refractivity contribution in [1.82, 2.24) is 10.2 Å². The number of hydrogen-bond donors (Lipinski definition) is 1. The molecule has 5 heteroatoms. The number of carbonyl (C=O) groups excluding carboxylic acids is 2. The number of amides is 1. The van der Waals surface area contributed by atoms with E-state index in [2.05, 4.69) is 10.2 Å². The number of nitrogens with zero attached hydrogens (tertiary/aromatic N) is 1. The summed E-state index contributed by atoms with van der Waals surface area (Å²) in [5.74, 6) is 1.15. The van der Waals surface area contributed by atoms with E-state index in [1.165, 1.54) is 0 Å². The van der Waals surface area contributed by atoms with Crippen LogP contribution in [-0.2, 0) is 42.3 Å². The second-order valence-corrected chi connectivity index (χ2v) is 7.30. The van der Waals surface area contributed by atoms with Gasteiger partial charge in [-0.1, -0.05) is 6.92 Å². The molecule has 23 heavy (non-hydrogen) atoms. The van der Waals surface area contributed by atoms with E-state index < -0.39 is 0 Å². The molecule has 1 radical (unpaired) electrons. The largest absolute Gasteiger partial charge is 0.358 e. The quantitative estimate of drug-likeness (QED) is 0.746. The fourth-order valence-electron chi connectivity index (χ4n) is 4.24. The van der Waals surface area contributed by atoms with E-state index >= 15 is 0 Å². The molecule has 0 aromatic rings. The van der Waals surface area contributed by atoms with Gasteiger partial charge in [0.15, 0.2) is 0 Å². The van der Waals surface area contributed by atoms with Crippen molar-refractivity contribution in [3.05, 3.63) is 7.43 Å². The Morgan fingerprint density at radius 3 is 2.00 bits per heavy atom. The van der Waals surface area contributed by atoms with E-state index in [1.54, 1.807) is 0 Å². The first-order valence-corrected chi connectivity index (χ1v) is 8.66. The Labute approximate surface area is 166 Å². The molecule has 129 valence electrons. The summed E-state index contributed by atoms with van der Waals surface area (Å²) in [6.45, 7) is 6.10. The molecule has 2 aliphatic heterocycles. The topological polar surface area (TPSA) is 49.4 Å². The zero-order valence-electron chi connectivity index (χ0n) is 14.8. The van der Waals surface area contributed by atoms with Crippen molar-refractivity contribution in [3.63, 3.8) is 0 Å². The Morgan fingerprint density at radius 2 is 1.57 bits per heavy atom. The molecule has 0 aromatic heterocycles. The van der Waals surface area contributed by atoms with Crippen LogP contribution in [0.2, 0.25) is 0 Å². The number of nitrogens with one attached hydrogen (secondary N) is 1. The van der Waals surface area contributed by atoms with Crippen LogP contribution in [0.4, 0.5) is 0 Å². The zero-order chi connectivity index (χ0) is 14.9. The summed E-state index contributed by atoms with van der Waals surface area (Å²) in [5, 5.41) is 3.36. The van der Waals surface area contributed by atoms with Crippen LogP contribution >= 0.6 is 0 Å². The summed E-state index contributed by atoms with van der Waals surface area (Å²) in [4.78, 5) is 26.5. The van der Waals surface area contributed by atoms with E-state index in [4.69, 9.17) is 0 Å². The fraction of sp³-hybridized carbons (Fsp3) is 0.833. The Morgan fingerprint density at radius 1 is 1.04 bits per heavy atom. The molecular weight excluding hydrogens is 365 g/mol. The van der Waals surface area contributed by atoms with Crippen molar-refractivity contribution in [3.8, 4) is 0 Å². The van der Waals surface area contributed by atoms with E-state index in [0.29, 0.717) is 23.5 Å². The molecule has 0 unspecified atom stereocenters. The van der Waals surface area contributed by atoms with Crippen LogP contribution < -0.4 is 5.32 Å². The number of hydrogen-bond acceptors (Lipinski definition) is 3. The van der Waals surface area contributed by atoms with Crippen LogP contribution in [0.15, 0.2) is 0 Å². The van der Waals surface area contributed by atoms with Crippen LogP contribution in [0.3, 0.4) is 0 Å². The van der Waals surface area contributed by atoms with Gasteiger partial charge in [-0.3, -0.25) is 9.59 Å². The second-order valence-electron chi connectivity index (χ2n) is 7.30. The van der Waals surface area contributed by atoms with Gasteiger partial charge in [0.05, 0.1) is 0 Å². The van der Waals surface area contributed by atoms with Crippen LogP contribution in [0.1, 0.15) is 51.9 Å². The summed E-state index contributed by atoms with van der Waals surface area (Å²) in [7, 11) is 0. The number of likely N-dealkylation sites (tertiary alicyclic amines) is 1. The molecule has 3 fully saturated rings. The maximum atomic E-state index is 12.6. The van der Waals surface area contributed by atoms with Gasteiger partial charge in [0, 0.05) is 77.1 Å². The molecule has 3 rings (SSSR count). The van der Waals surface area contributed by atoms with E-state index in [1.807, 2.05) is 6.92 Å². The first kappa shape index (κ1) is 21.2. The normalized spacial score (nSPS) is 29.0. The number of piperidine rings is 1. The van der Waals surface area contributed by atoms with Crippen LogP contribution in [0, 0.1) is 24.7 Å².